The van der Waals surface area contributed by atoms with Crippen LogP contribution < -0.4 is 9.80 Å². The predicted octanol–water partition coefficient (Wildman–Crippen LogP) is 2.96. The zero-order valence-electron chi connectivity index (χ0n) is 17.5. The van der Waals surface area contributed by atoms with Crippen LogP contribution in [0.2, 0.25) is 0 Å². The molecule has 0 N–H and O–H groups in total. The molecule has 1 aromatic carbocycles. The van der Waals surface area contributed by atoms with E-state index in [0.29, 0.717) is 29.7 Å². The number of hydrogen-bond acceptors (Lipinski definition) is 6. The Kier molecular flexibility index (Phi) is 4.50. The average Bonchev–Trinajstić information content (AvgIpc) is 3.45. The van der Waals surface area contributed by atoms with Crippen LogP contribution in [0.3, 0.4) is 0 Å². The van der Waals surface area contributed by atoms with Gasteiger partial charge in [0.15, 0.2) is 11.6 Å². The summed E-state index contributed by atoms with van der Waals surface area (Å²) in [4.78, 5) is 30.5. The Labute approximate surface area is 179 Å². The number of rotatable bonds is 4. The molecule has 1 aliphatic heterocycles. The highest BCUT2D eigenvalue weighted by Gasteiger charge is 2.39. The summed E-state index contributed by atoms with van der Waals surface area (Å²) < 4.78 is 3.57. The van der Waals surface area contributed by atoms with Crippen LogP contribution in [0.15, 0.2) is 61.2 Å². The van der Waals surface area contributed by atoms with Crippen molar-refractivity contribution in [3.05, 3.63) is 61.2 Å². The third-order valence-electron chi connectivity index (χ3n) is 5.48. The SMILES string of the molecule is CCC1C(=O)N(C)c2cnc(-n3ccnc3-c3ccccc3)nc2N1c1ccn(C)n1. The Balaban J connectivity index is 1.68. The lowest BCUT2D eigenvalue weighted by Crippen LogP contribution is -2.50. The van der Waals surface area contributed by atoms with Crippen molar-refractivity contribution in [3.63, 3.8) is 0 Å². The lowest BCUT2D eigenvalue weighted by atomic mass is 10.1. The molecule has 4 aromatic rings. The first-order chi connectivity index (χ1) is 15.1. The van der Waals surface area contributed by atoms with Crippen LogP contribution in [-0.4, -0.2) is 48.3 Å². The first-order valence-corrected chi connectivity index (χ1v) is 10.1. The second-order valence-electron chi connectivity index (χ2n) is 7.40. The van der Waals surface area contributed by atoms with E-state index in [4.69, 9.17) is 4.98 Å². The smallest absolute Gasteiger partial charge is 0.250 e. The minimum Gasteiger partial charge on any atom is -0.309 e. The van der Waals surface area contributed by atoms with E-state index in [1.165, 1.54) is 0 Å². The third kappa shape index (κ3) is 3.05. The maximum absolute atomic E-state index is 13.0. The highest BCUT2D eigenvalue weighted by atomic mass is 16.2. The van der Waals surface area contributed by atoms with Gasteiger partial charge in [-0.05, 0) is 6.42 Å². The molecule has 0 spiro atoms. The molecule has 3 aromatic heterocycles. The molecule has 9 nitrogen and oxygen atoms in total. The van der Waals surface area contributed by atoms with E-state index in [2.05, 4.69) is 15.1 Å². The largest absolute Gasteiger partial charge is 0.309 e. The number of carbonyl (C=O) groups is 1. The van der Waals surface area contributed by atoms with Gasteiger partial charge in [-0.2, -0.15) is 10.1 Å². The molecule has 0 bridgehead atoms. The first kappa shape index (κ1) is 19.0. The summed E-state index contributed by atoms with van der Waals surface area (Å²) in [6.07, 6.45) is 7.73. The number of amides is 1. The van der Waals surface area contributed by atoms with Gasteiger partial charge in [0.2, 0.25) is 11.9 Å². The molecule has 31 heavy (non-hydrogen) atoms. The number of anilines is 3. The van der Waals surface area contributed by atoms with Gasteiger partial charge in [-0.15, -0.1) is 0 Å². The summed E-state index contributed by atoms with van der Waals surface area (Å²) in [6.45, 7) is 1.99. The van der Waals surface area contributed by atoms with Crippen LogP contribution in [0.4, 0.5) is 17.3 Å². The molecule has 1 amide bonds. The fourth-order valence-electron chi connectivity index (χ4n) is 3.91. The topological polar surface area (TPSA) is 85.0 Å². The summed E-state index contributed by atoms with van der Waals surface area (Å²) in [6, 6.07) is 11.4. The Bertz CT molecular complexity index is 1250. The molecule has 156 valence electrons. The molecule has 0 saturated heterocycles. The van der Waals surface area contributed by atoms with Crippen molar-refractivity contribution in [2.24, 2.45) is 7.05 Å². The summed E-state index contributed by atoms with van der Waals surface area (Å²) in [5.41, 5.74) is 1.61. The highest BCUT2D eigenvalue weighted by Crippen LogP contribution is 2.39. The molecular weight excluding hydrogens is 392 g/mol. The van der Waals surface area contributed by atoms with Crippen LogP contribution in [-0.2, 0) is 11.8 Å². The zero-order chi connectivity index (χ0) is 21.5. The van der Waals surface area contributed by atoms with Crippen LogP contribution in [0, 0.1) is 0 Å². The summed E-state index contributed by atoms with van der Waals surface area (Å²) in [5.74, 6) is 2.54. The lowest BCUT2D eigenvalue weighted by molar-refractivity contribution is -0.119. The number of carbonyl (C=O) groups excluding carboxylic acids is 1. The highest BCUT2D eigenvalue weighted by molar-refractivity contribution is 6.05. The molecule has 0 radical (unpaired) electrons. The predicted molar refractivity (Wildman–Crippen MR) is 117 cm³/mol. The van der Waals surface area contributed by atoms with Crippen molar-refractivity contribution >= 4 is 23.2 Å². The van der Waals surface area contributed by atoms with Gasteiger partial charge in [0.1, 0.15) is 17.6 Å². The molecule has 0 aliphatic carbocycles. The van der Waals surface area contributed by atoms with Crippen molar-refractivity contribution in [1.82, 2.24) is 29.3 Å². The molecule has 0 saturated carbocycles. The third-order valence-corrected chi connectivity index (χ3v) is 5.48. The van der Waals surface area contributed by atoms with Crippen LogP contribution >= 0.6 is 0 Å². The van der Waals surface area contributed by atoms with Crippen molar-refractivity contribution in [1.29, 1.82) is 0 Å². The molecular formula is C22H22N8O. The Hall–Kier alpha value is -4.01. The van der Waals surface area contributed by atoms with Crippen LogP contribution in [0.25, 0.3) is 17.3 Å². The van der Waals surface area contributed by atoms with Gasteiger partial charge in [0, 0.05) is 44.3 Å². The zero-order valence-corrected chi connectivity index (χ0v) is 17.5. The molecule has 0 fully saturated rings. The van der Waals surface area contributed by atoms with Crippen LogP contribution in [0.5, 0.6) is 0 Å². The van der Waals surface area contributed by atoms with E-state index in [1.807, 2.05) is 72.2 Å². The number of imidazole rings is 1. The number of nitrogens with zero attached hydrogens (tertiary/aromatic N) is 8. The maximum atomic E-state index is 13.0. The minimum atomic E-state index is -0.397. The summed E-state index contributed by atoms with van der Waals surface area (Å²) in [7, 11) is 3.61. The Morgan fingerprint density at radius 1 is 1.03 bits per heavy atom. The van der Waals surface area contributed by atoms with Gasteiger partial charge in [-0.1, -0.05) is 37.3 Å². The molecule has 1 aliphatic rings. The molecule has 4 heterocycles. The van der Waals surface area contributed by atoms with E-state index in [9.17, 15) is 4.79 Å². The first-order valence-electron chi connectivity index (χ1n) is 10.1. The van der Waals surface area contributed by atoms with E-state index in [-0.39, 0.29) is 5.91 Å². The van der Waals surface area contributed by atoms with Gasteiger partial charge < -0.3 is 4.90 Å². The average molecular weight is 414 g/mol. The number of benzene rings is 1. The lowest BCUT2D eigenvalue weighted by Gasteiger charge is -2.39. The Morgan fingerprint density at radius 2 is 1.84 bits per heavy atom. The molecule has 5 rings (SSSR count). The van der Waals surface area contributed by atoms with Gasteiger partial charge in [0.05, 0.1) is 6.20 Å². The van der Waals surface area contributed by atoms with E-state index < -0.39 is 6.04 Å². The van der Waals surface area contributed by atoms with Gasteiger partial charge in [0.25, 0.3) is 0 Å². The quantitative estimate of drug-likeness (QED) is 0.510. The van der Waals surface area contributed by atoms with Gasteiger partial charge in [-0.25, -0.2) is 9.97 Å². The number of aromatic nitrogens is 6. The van der Waals surface area contributed by atoms with Crippen molar-refractivity contribution in [3.8, 4) is 17.3 Å². The fraction of sp³-hybridized carbons (Fsp3) is 0.227. The number of fused-ring (bicyclic) bond motifs is 1. The van der Waals surface area contributed by atoms with Crippen molar-refractivity contribution < 1.29 is 4.79 Å². The minimum absolute atomic E-state index is 0.00962. The summed E-state index contributed by atoms with van der Waals surface area (Å²) in [5, 5.41) is 4.54. The number of hydrogen-bond donors (Lipinski definition) is 0. The number of aryl methyl sites for hydroxylation is 1. The Morgan fingerprint density at radius 3 is 2.55 bits per heavy atom. The molecule has 1 unspecified atom stereocenters. The van der Waals surface area contributed by atoms with Gasteiger partial charge in [-0.3, -0.25) is 18.9 Å². The number of likely N-dealkylation sites (N-methyl/N-ethyl adjacent to an activating group) is 1. The van der Waals surface area contributed by atoms with E-state index in [1.54, 1.807) is 29.0 Å². The molecule has 9 heteroatoms. The van der Waals surface area contributed by atoms with E-state index in [0.717, 1.165) is 11.4 Å². The van der Waals surface area contributed by atoms with Crippen molar-refractivity contribution in [2.75, 3.05) is 16.8 Å². The van der Waals surface area contributed by atoms with Crippen LogP contribution in [0.1, 0.15) is 13.3 Å². The standard InChI is InChI=1S/C22H22N8O/c1-4-16-21(31)28(3)17-14-24-22(25-20(17)30(16)18-10-12-27(2)26-18)29-13-11-23-19(29)15-8-6-5-7-9-15/h5-14,16H,4H2,1-3H3. The second kappa shape index (κ2) is 7.35. The van der Waals surface area contributed by atoms with E-state index >= 15 is 0 Å². The second-order valence-corrected chi connectivity index (χ2v) is 7.40. The maximum Gasteiger partial charge on any atom is 0.250 e. The normalized spacial score (nSPS) is 16.0. The van der Waals surface area contributed by atoms with Gasteiger partial charge >= 0.3 is 0 Å². The molecule has 1 atom stereocenters. The monoisotopic (exact) mass is 414 g/mol. The summed E-state index contributed by atoms with van der Waals surface area (Å²) >= 11 is 0. The fourth-order valence-corrected chi connectivity index (χ4v) is 3.91. The van der Waals surface area contributed by atoms with Crippen molar-refractivity contribution in [2.45, 2.75) is 19.4 Å².